The predicted molar refractivity (Wildman–Crippen MR) is 74.2 cm³/mol. The number of ketones is 1. The van der Waals surface area contributed by atoms with Gasteiger partial charge in [0.15, 0.2) is 5.78 Å². The normalized spacial score (nSPS) is 25.5. The van der Waals surface area contributed by atoms with Gasteiger partial charge >= 0.3 is 0 Å². The summed E-state index contributed by atoms with van der Waals surface area (Å²) in [6.07, 6.45) is 7.59. The zero-order valence-electron chi connectivity index (χ0n) is 11.2. The molecule has 100 valence electrons. The summed E-state index contributed by atoms with van der Waals surface area (Å²) >= 11 is 0. The van der Waals surface area contributed by atoms with E-state index in [1.54, 1.807) is 14.2 Å². The molecule has 3 heteroatoms. The van der Waals surface area contributed by atoms with Crippen LogP contribution in [0, 0.1) is 0 Å². The van der Waals surface area contributed by atoms with Crippen molar-refractivity contribution in [1.29, 1.82) is 0 Å². The number of ether oxygens (including phenoxy) is 2. The Kier molecular flexibility index (Phi) is 4.30. The third kappa shape index (κ3) is 2.83. The van der Waals surface area contributed by atoms with Crippen molar-refractivity contribution >= 4 is 5.78 Å². The van der Waals surface area contributed by atoms with Crippen LogP contribution in [0.25, 0.3) is 0 Å². The number of rotatable bonds is 5. The van der Waals surface area contributed by atoms with Gasteiger partial charge < -0.3 is 9.47 Å². The lowest BCUT2D eigenvalue weighted by Crippen LogP contribution is -2.45. The summed E-state index contributed by atoms with van der Waals surface area (Å²) in [5.41, 5.74) is -0.0344. The second kappa shape index (κ2) is 5.95. The summed E-state index contributed by atoms with van der Waals surface area (Å²) in [7, 11) is 3.22. The van der Waals surface area contributed by atoms with Crippen LogP contribution in [0.3, 0.4) is 0 Å². The Morgan fingerprint density at radius 2 is 1.95 bits per heavy atom. The molecule has 0 aromatic heterocycles. The zero-order valence-corrected chi connectivity index (χ0v) is 11.2. The lowest BCUT2D eigenvalue weighted by molar-refractivity contribution is -0.0657. The van der Waals surface area contributed by atoms with Gasteiger partial charge in [0.2, 0.25) is 0 Å². The standard InChI is InChI=1S/C16H18O3/c1-18-15-10-6-7-11-16(15,19-2)12-14(17)13-8-4-3-5-9-13/h3-11,15H,12H2,1-2H3. The Bertz CT molecular complexity index is 490. The fourth-order valence-electron chi connectivity index (χ4n) is 2.31. The molecule has 0 bridgehead atoms. The summed E-state index contributed by atoms with van der Waals surface area (Å²) in [4.78, 5) is 12.3. The van der Waals surface area contributed by atoms with Crippen molar-refractivity contribution in [2.24, 2.45) is 0 Å². The van der Waals surface area contributed by atoms with Crippen molar-refractivity contribution in [3.05, 3.63) is 60.2 Å². The van der Waals surface area contributed by atoms with E-state index in [0.717, 1.165) is 0 Å². The second-order valence-electron chi connectivity index (χ2n) is 4.53. The summed E-state index contributed by atoms with van der Waals surface area (Å²) in [6, 6.07) is 9.24. The van der Waals surface area contributed by atoms with Crippen LogP contribution in [-0.4, -0.2) is 31.7 Å². The third-order valence-corrected chi connectivity index (χ3v) is 3.42. The van der Waals surface area contributed by atoms with E-state index in [0.29, 0.717) is 5.56 Å². The topological polar surface area (TPSA) is 35.5 Å². The highest BCUT2D eigenvalue weighted by atomic mass is 16.5. The van der Waals surface area contributed by atoms with E-state index in [9.17, 15) is 4.79 Å². The van der Waals surface area contributed by atoms with Gasteiger partial charge in [0, 0.05) is 26.2 Å². The molecule has 0 radical (unpaired) electrons. The molecule has 0 aliphatic heterocycles. The molecule has 1 aliphatic rings. The minimum atomic E-state index is -0.726. The van der Waals surface area contributed by atoms with Gasteiger partial charge in [0.25, 0.3) is 0 Å². The lowest BCUT2D eigenvalue weighted by Gasteiger charge is -2.35. The minimum Gasteiger partial charge on any atom is -0.374 e. The van der Waals surface area contributed by atoms with E-state index in [4.69, 9.17) is 9.47 Å². The summed E-state index contributed by atoms with van der Waals surface area (Å²) in [5.74, 6) is 0.0458. The quantitative estimate of drug-likeness (QED) is 0.762. The highest BCUT2D eigenvalue weighted by molar-refractivity contribution is 5.97. The Hall–Kier alpha value is -1.71. The SMILES string of the molecule is COC1C=CC=CC1(CC(=O)c1ccccc1)OC. The molecule has 0 amide bonds. The molecule has 0 heterocycles. The molecule has 0 N–H and O–H groups in total. The first-order valence-electron chi connectivity index (χ1n) is 6.24. The predicted octanol–water partition coefficient (Wildman–Crippen LogP) is 2.79. The Labute approximate surface area is 113 Å². The first-order chi connectivity index (χ1) is 9.22. The smallest absolute Gasteiger partial charge is 0.166 e. The van der Waals surface area contributed by atoms with E-state index < -0.39 is 5.60 Å². The second-order valence-corrected chi connectivity index (χ2v) is 4.53. The number of allylic oxidation sites excluding steroid dienone is 2. The average molecular weight is 258 g/mol. The monoisotopic (exact) mass is 258 g/mol. The van der Waals surface area contributed by atoms with Crippen LogP contribution in [0.1, 0.15) is 16.8 Å². The zero-order chi connectivity index (χ0) is 13.7. The van der Waals surface area contributed by atoms with E-state index in [-0.39, 0.29) is 18.3 Å². The Balaban J connectivity index is 2.21. The van der Waals surface area contributed by atoms with Crippen LogP contribution in [0.15, 0.2) is 54.6 Å². The molecule has 2 unspecified atom stereocenters. The fourth-order valence-corrected chi connectivity index (χ4v) is 2.31. The van der Waals surface area contributed by atoms with Crippen LogP contribution in [0.4, 0.5) is 0 Å². The molecule has 1 aromatic rings. The van der Waals surface area contributed by atoms with Gasteiger partial charge in [-0.25, -0.2) is 0 Å². The molecular formula is C16H18O3. The van der Waals surface area contributed by atoms with E-state index in [1.807, 2.05) is 54.6 Å². The van der Waals surface area contributed by atoms with Crippen LogP contribution >= 0.6 is 0 Å². The number of methoxy groups -OCH3 is 2. The Morgan fingerprint density at radius 1 is 1.21 bits per heavy atom. The number of carbonyl (C=O) groups excluding carboxylic acids is 1. The first-order valence-corrected chi connectivity index (χ1v) is 6.24. The molecule has 2 rings (SSSR count). The number of hydrogen-bond acceptors (Lipinski definition) is 3. The van der Waals surface area contributed by atoms with Crippen molar-refractivity contribution in [1.82, 2.24) is 0 Å². The third-order valence-electron chi connectivity index (χ3n) is 3.42. The van der Waals surface area contributed by atoms with Gasteiger partial charge in [-0.1, -0.05) is 48.6 Å². The van der Waals surface area contributed by atoms with Crippen LogP contribution < -0.4 is 0 Å². The van der Waals surface area contributed by atoms with Crippen LogP contribution in [-0.2, 0) is 9.47 Å². The molecular weight excluding hydrogens is 240 g/mol. The molecule has 0 saturated carbocycles. The highest BCUT2D eigenvalue weighted by Gasteiger charge is 2.39. The highest BCUT2D eigenvalue weighted by Crippen LogP contribution is 2.29. The molecule has 1 aromatic carbocycles. The molecule has 3 nitrogen and oxygen atoms in total. The first kappa shape index (κ1) is 13.7. The van der Waals surface area contributed by atoms with Gasteiger partial charge in [-0.15, -0.1) is 0 Å². The van der Waals surface area contributed by atoms with Crippen molar-refractivity contribution in [2.45, 2.75) is 18.1 Å². The van der Waals surface area contributed by atoms with Gasteiger partial charge in [0.1, 0.15) is 11.7 Å². The van der Waals surface area contributed by atoms with Crippen molar-refractivity contribution in [3.63, 3.8) is 0 Å². The van der Waals surface area contributed by atoms with Gasteiger partial charge in [-0.2, -0.15) is 0 Å². The maximum atomic E-state index is 12.3. The number of carbonyl (C=O) groups is 1. The summed E-state index contributed by atoms with van der Waals surface area (Å²) in [5, 5.41) is 0. The summed E-state index contributed by atoms with van der Waals surface area (Å²) in [6.45, 7) is 0. The van der Waals surface area contributed by atoms with Crippen molar-refractivity contribution < 1.29 is 14.3 Å². The summed E-state index contributed by atoms with van der Waals surface area (Å²) < 4.78 is 11.0. The number of hydrogen-bond donors (Lipinski definition) is 0. The van der Waals surface area contributed by atoms with Gasteiger partial charge in [-0.05, 0) is 6.08 Å². The molecule has 0 spiro atoms. The maximum absolute atomic E-state index is 12.3. The average Bonchev–Trinajstić information content (AvgIpc) is 2.48. The number of benzene rings is 1. The maximum Gasteiger partial charge on any atom is 0.166 e. The fraction of sp³-hybridized carbons (Fsp3) is 0.312. The van der Waals surface area contributed by atoms with Gasteiger partial charge in [0.05, 0.1) is 0 Å². The van der Waals surface area contributed by atoms with Crippen LogP contribution in [0.5, 0.6) is 0 Å². The van der Waals surface area contributed by atoms with Crippen LogP contribution in [0.2, 0.25) is 0 Å². The Morgan fingerprint density at radius 3 is 2.58 bits per heavy atom. The molecule has 2 atom stereocenters. The largest absolute Gasteiger partial charge is 0.374 e. The molecule has 1 aliphatic carbocycles. The van der Waals surface area contributed by atoms with E-state index in [1.165, 1.54) is 0 Å². The molecule has 19 heavy (non-hydrogen) atoms. The lowest BCUT2D eigenvalue weighted by atomic mass is 9.85. The molecule has 0 fully saturated rings. The molecule has 0 saturated heterocycles. The van der Waals surface area contributed by atoms with Gasteiger partial charge in [-0.3, -0.25) is 4.79 Å². The number of Topliss-reactive ketones (excluding diaryl/α,β-unsaturated/α-hetero) is 1. The van der Waals surface area contributed by atoms with Crippen molar-refractivity contribution in [3.8, 4) is 0 Å². The van der Waals surface area contributed by atoms with E-state index >= 15 is 0 Å². The van der Waals surface area contributed by atoms with Crippen molar-refractivity contribution in [2.75, 3.05) is 14.2 Å². The van der Waals surface area contributed by atoms with E-state index in [2.05, 4.69) is 0 Å². The minimum absolute atomic E-state index is 0.0458.